The number of nitrogens with zero attached hydrogens (tertiary/aromatic N) is 1. The van der Waals surface area contributed by atoms with Crippen molar-refractivity contribution in [3.05, 3.63) is 48.5 Å². The molecule has 2 aromatic carbocycles. The molecule has 3 nitrogen and oxygen atoms in total. The van der Waals surface area contributed by atoms with Gasteiger partial charge in [0.2, 0.25) is 5.91 Å². The number of anilines is 1. The number of carbonyl (C=O) groups excluding carboxylic acids is 1. The molecule has 0 radical (unpaired) electrons. The Morgan fingerprint density at radius 1 is 1.10 bits per heavy atom. The van der Waals surface area contributed by atoms with Crippen LogP contribution in [0.4, 0.5) is 5.69 Å². The van der Waals surface area contributed by atoms with E-state index in [9.17, 15) is 4.79 Å². The van der Waals surface area contributed by atoms with E-state index in [4.69, 9.17) is 4.74 Å². The smallest absolute Gasteiger partial charge is 0.227 e. The first-order chi connectivity index (χ1) is 9.79. The fourth-order valence-electron chi connectivity index (χ4n) is 2.63. The van der Waals surface area contributed by atoms with E-state index in [1.165, 1.54) is 0 Å². The van der Waals surface area contributed by atoms with Crippen molar-refractivity contribution in [2.45, 2.75) is 12.8 Å². The van der Waals surface area contributed by atoms with E-state index in [-0.39, 0.29) is 5.91 Å². The van der Waals surface area contributed by atoms with Crippen molar-refractivity contribution >= 4 is 11.6 Å². The van der Waals surface area contributed by atoms with Crippen LogP contribution in [-0.2, 0) is 4.79 Å². The van der Waals surface area contributed by atoms with Crippen molar-refractivity contribution in [1.82, 2.24) is 0 Å². The summed E-state index contributed by atoms with van der Waals surface area (Å²) in [4.78, 5) is 13.9. The Morgan fingerprint density at radius 3 is 2.55 bits per heavy atom. The molecule has 20 heavy (non-hydrogen) atoms. The molecule has 1 fully saturated rings. The minimum Gasteiger partial charge on any atom is -0.497 e. The fraction of sp³-hybridized carbons (Fsp3) is 0.235. The van der Waals surface area contributed by atoms with Gasteiger partial charge in [-0.3, -0.25) is 4.79 Å². The van der Waals surface area contributed by atoms with Gasteiger partial charge < -0.3 is 9.64 Å². The molecule has 2 aromatic rings. The number of amides is 1. The van der Waals surface area contributed by atoms with Crippen LogP contribution in [0, 0.1) is 0 Å². The van der Waals surface area contributed by atoms with Crippen molar-refractivity contribution in [1.29, 1.82) is 0 Å². The van der Waals surface area contributed by atoms with Gasteiger partial charge in [-0.15, -0.1) is 0 Å². The Kier molecular flexibility index (Phi) is 3.42. The summed E-state index contributed by atoms with van der Waals surface area (Å²) in [6.07, 6.45) is 1.55. The van der Waals surface area contributed by atoms with E-state index in [1.807, 2.05) is 41.3 Å². The summed E-state index contributed by atoms with van der Waals surface area (Å²) in [5, 5.41) is 0. The Labute approximate surface area is 118 Å². The highest BCUT2D eigenvalue weighted by molar-refractivity contribution is 5.99. The molecule has 0 aromatic heterocycles. The average molecular weight is 267 g/mol. The van der Waals surface area contributed by atoms with Crippen LogP contribution in [0.5, 0.6) is 5.75 Å². The lowest BCUT2D eigenvalue weighted by atomic mass is 10.0. The van der Waals surface area contributed by atoms with Crippen molar-refractivity contribution in [3.8, 4) is 16.9 Å². The standard InChI is InChI=1S/C17H17NO2/c1-20-14-9-10-15(13-6-3-2-4-7-13)16(12-14)18-11-5-8-17(18)19/h2-4,6-7,9-10,12H,5,8,11H2,1H3. The molecule has 0 atom stereocenters. The first-order valence-corrected chi connectivity index (χ1v) is 6.83. The summed E-state index contributed by atoms with van der Waals surface area (Å²) < 4.78 is 5.30. The highest BCUT2D eigenvalue weighted by Gasteiger charge is 2.24. The van der Waals surface area contributed by atoms with Gasteiger partial charge in [0.1, 0.15) is 5.75 Å². The zero-order valence-corrected chi connectivity index (χ0v) is 11.5. The maximum atomic E-state index is 12.0. The Bertz CT molecular complexity index is 622. The Hall–Kier alpha value is -2.29. The molecule has 1 aliphatic heterocycles. The van der Waals surface area contributed by atoms with E-state index in [2.05, 4.69) is 12.1 Å². The molecule has 0 saturated carbocycles. The molecule has 102 valence electrons. The summed E-state index contributed by atoms with van der Waals surface area (Å²) in [5.74, 6) is 0.967. The van der Waals surface area contributed by atoms with Gasteiger partial charge in [-0.25, -0.2) is 0 Å². The first-order valence-electron chi connectivity index (χ1n) is 6.83. The van der Waals surface area contributed by atoms with E-state index < -0.39 is 0 Å². The molecule has 3 heteroatoms. The van der Waals surface area contributed by atoms with Crippen molar-refractivity contribution in [2.75, 3.05) is 18.6 Å². The number of benzene rings is 2. The minimum absolute atomic E-state index is 0.190. The van der Waals surface area contributed by atoms with Crippen LogP contribution in [0.2, 0.25) is 0 Å². The molecule has 0 unspecified atom stereocenters. The number of ether oxygens (including phenoxy) is 1. The highest BCUT2D eigenvalue weighted by atomic mass is 16.5. The van der Waals surface area contributed by atoms with Crippen LogP contribution in [-0.4, -0.2) is 19.6 Å². The number of hydrogen-bond acceptors (Lipinski definition) is 2. The van der Waals surface area contributed by atoms with Gasteiger partial charge in [0, 0.05) is 24.6 Å². The SMILES string of the molecule is COc1ccc(-c2ccccc2)c(N2CCCC2=O)c1. The molecule has 0 bridgehead atoms. The molecule has 1 heterocycles. The van der Waals surface area contributed by atoms with Crippen molar-refractivity contribution in [3.63, 3.8) is 0 Å². The summed E-state index contributed by atoms with van der Waals surface area (Å²) in [7, 11) is 1.65. The largest absolute Gasteiger partial charge is 0.497 e. The quantitative estimate of drug-likeness (QED) is 0.852. The fourth-order valence-corrected chi connectivity index (χ4v) is 2.63. The lowest BCUT2D eigenvalue weighted by Gasteiger charge is -2.20. The van der Waals surface area contributed by atoms with Crippen LogP contribution >= 0.6 is 0 Å². The Balaban J connectivity index is 2.12. The minimum atomic E-state index is 0.190. The van der Waals surface area contributed by atoms with Gasteiger partial charge in [-0.2, -0.15) is 0 Å². The van der Waals surface area contributed by atoms with Gasteiger partial charge in [0.05, 0.1) is 12.8 Å². The average Bonchev–Trinajstić information content (AvgIpc) is 2.93. The van der Waals surface area contributed by atoms with Crippen LogP contribution in [0.1, 0.15) is 12.8 Å². The summed E-state index contributed by atoms with van der Waals surface area (Å²) in [5.41, 5.74) is 3.13. The first kappa shape index (κ1) is 12.7. The van der Waals surface area contributed by atoms with Crippen molar-refractivity contribution < 1.29 is 9.53 Å². The second-order valence-corrected chi connectivity index (χ2v) is 4.90. The zero-order chi connectivity index (χ0) is 13.9. The molecule has 0 aliphatic carbocycles. The molecule has 1 amide bonds. The summed E-state index contributed by atoms with van der Waals surface area (Å²) >= 11 is 0. The molecular weight excluding hydrogens is 250 g/mol. The van der Waals surface area contributed by atoms with Gasteiger partial charge in [-0.05, 0) is 24.1 Å². The monoisotopic (exact) mass is 267 g/mol. The van der Waals surface area contributed by atoms with E-state index in [0.29, 0.717) is 6.42 Å². The van der Waals surface area contributed by atoms with Crippen LogP contribution in [0.15, 0.2) is 48.5 Å². The maximum absolute atomic E-state index is 12.0. The van der Waals surface area contributed by atoms with Gasteiger partial charge in [0.25, 0.3) is 0 Å². The maximum Gasteiger partial charge on any atom is 0.227 e. The third kappa shape index (κ3) is 2.27. The number of rotatable bonds is 3. The lowest BCUT2D eigenvalue weighted by Crippen LogP contribution is -2.24. The van der Waals surface area contributed by atoms with Gasteiger partial charge in [-0.1, -0.05) is 30.3 Å². The highest BCUT2D eigenvalue weighted by Crippen LogP contribution is 2.36. The van der Waals surface area contributed by atoms with Crippen LogP contribution in [0.3, 0.4) is 0 Å². The molecule has 1 saturated heterocycles. The molecule has 3 rings (SSSR count). The second kappa shape index (κ2) is 5.37. The topological polar surface area (TPSA) is 29.5 Å². The van der Waals surface area contributed by atoms with Gasteiger partial charge in [0.15, 0.2) is 0 Å². The summed E-state index contributed by atoms with van der Waals surface area (Å²) in [6, 6.07) is 16.0. The van der Waals surface area contributed by atoms with E-state index >= 15 is 0 Å². The molecule has 0 spiro atoms. The van der Waals surface area contributed by atoms with Gasteiger partial charge >= 0.3 is 0 Å². The third-order valence-electron chi connectivity index (χ3n) is 3.65. The number of hydrogen-bond donors (Lipinski definition) is 0. The number of methoxy groups -OCH3 is 1. The predicted molar refractivity (Wildman–Crippen MR) is 80.0 cm³/mol. The Morgan fingerprint density at radius 2 is 1.90 bits per heavy atom. The zero-order valence-electron chi connectivity index (χ0n) is 11.5. The molecule has 0 N–H and O–H groups in total. The van der Waals surface area contributed by atoms with E-state index in [0.717, 1.165) is 35.5 Å². The normalized spacial score (nSPS) is 14.7. The summed E-state index contributed by atoms with van der Waals surface area (Å²) in [6.45, 7) is 0.784. The molecule has 1 aliphatic rings. The van der Waals surface area contributed by atoms with Crippen LogP contribution in [0.25, 0.3) is 11.1 Å². The van der Waals surface area contributed by atoms with Crippen molar-refractivity contribution in [2.24, 2.45) is 0 Å². The van der Waals surface area contributed by atoms with E-state index in [1.54, 1.807) is 7.11 Å². The lowest BCUT2D eigenvalue weighted by molar-refractivity contribution is -0.117. The number of carbonyl (C=O) groups is 1. The predicted octanol–water partition coefficient (Wildman–Crippen LogP) is 3.49. The van der Waals surface area contributed by atoms with Crippen LogP contribution < -0.4 is 9.64 Å². The molecular formula is C17H17NO2. The second-order valence-electron chi connectivity index (χ2n) is 4.90. The third-order valence-corrected chi connectivity index (χ3v) is 3.65.